The number of benzene rings is 1. The monoisotopic (exact) mass is 422 g/mol. The van der Waals surface area contributed by atoms with Gasteiger partial charge in [0.25, 0.3) is 0 Å². The van der Waals surface area contributed by atoms with Gasteiger partial charge in [-0.1, -0.05) is 69.4 Å². The third kappa shape index (κ3) is 7.64. The molecule has 1 aromatic rings. The van der Waals surface area contributed by atoms with Gasteiger partial charge in [0.2, 0.25) is 5.92 Å². The van der Waals surface area contributed by atoms with Crippen molar-refractivity contribution in [2.75, 3.05) is 0 Å². The number of aryl methyl sites for hydroxylation is 1. The molecule has 2 rings (SSSR count). The summed E-state index contributed by atoms with van der Waals surface area (Å²) in [5.74, 6) is -2.96. The zero-order chi connectivity index (χ0) is 22.3. The molecule has 0 aliphatic carbocycles. The Morgan fingerprint density at radius 3 is 2.13 bits per heavy atom. The molecular formula is C25H41BF2O2. The second-order valence-corrected chi connectivity index (χ2v) is 9.99. The molecule has 0 radical (unpaired) electrons. The predicted octanol–water partition coefficient (Wildman–Crippen LogP) is 7.86. The van der Waals surface area contributed by atoms with Crippen LogP contribution in [0.1, 0.15) is 98.0 Å². The molecule has 30 heavy (non-hydrogen) atoms. The maximum Gasteiger partial charge on any atom is 0.461 e. The summed E-state index contributed by atoms with van der Waals surface area (Å²) in [5, 5.41) is 0. The minimum atomic E-state index is -2.68. The molecule has 1 aliphatic heterocycles. The first-order valence-electron chi connectivity index (χ1n) is 11.8. The quantitative estimate of drug-likeness (QED) is 0.238. The zero-order valence-electron chi connectivity index (χ0n) is 19.7. The van der Waals surface area contributed by atoms with E-state index in [1.807, 2.05) is 45.9 Å². The Balaban J connectivity index is 1.90. The van der Waals surface area contributed by atoms with E-state index in [0.717, 1.165) is 44.9 Å². The summed E-state index contributed by atoms with van der Waals surface area (Å²) in [6.07, 6.45) is 7.01. The van der Waals surface area contributed by atoms with Crippen LogP contribution in [0.15, 0.2) is 30.3 Å². The SMILES string of the molecule is CCCCCC[C@@H](CC(F)(F)CCCCc1ccccc1)B1OC(C)(C)C(C)(C)O1. The van der Waals surface area contributed by atoms with Gasteiger partial charge in [0.1, 0.15) is 0 Å². The average molecular weight is 422 g/mol. The summed E-state index contributed by atoms with van der Waals surface area (Å²) in [5.41, 5.74) is 0.251. The Bertz CT molecular complexity index is 603. The molecule has 1 atom stereocenters. The van der Waals surface area contributed by atoms with Crippen LogP contribution < -0.4 is 0 Å². The normalized spacial score (nSPS) is 19.2. The van der Waals surface area contributed by atoms with E-state index in [4.69, 9.17) is 9.31 Å². The molecule has 0 spiro atoms. The molecule has 1 saturated heterocycles. The molecule has 0 saturated carbocycles. The summed E-state index contributed by atoms with van der Waals surface area (Å²) in [7, 11) is -0.549. The summed E-state index contributed by atoms with van der Waals surface area (Å²) in [6.45, 7) is 10.1. The zero-order valence-corrected chi connectivity index (χ0v) is 19.7. The van der Waals surface area contributed by atoms with Crippen molar-refractivity contribution in [1.29, 1.82) is 0 Å². The highest BCUT2D eigenvalue weighted by molar-refractivity contribution is 6.47. The molecule has 170 valence electrons. The molecule has 1 aliphatic rings. The van der Waals surface area contributed by atoms with Crippen LogP contribution in [-0.4, -0.2) is 24.2 Å². The van der Waals surface area contributed by atoms with Crippen LogP contribution in [0.2, 0.25) is 5.82 Å². The number of hydrogen-bond acceptors (Lipinski definition) is 2. The fourth-order valence-electron chi connectivity index (χ4n) is 4.09. The highest BCUT2D eigenvalue weighted by Gasteiger charge is 2.54. The van der Waals surface area contributed by atoms with E-state index in [9.17, 15) is 8.78 Å². The Kier molecular flexibility index (Phi) is 9.36. The fourth-order valence-corrected chi connectivity index (χ4v) is 4.09. The van der Waals surface area contributed by atoms with Crippen LogP contribution in [0.5, 0.6) is 0 Å². The van der Waals surface area contributed by atoms with E-state index in [1.165, 1.54) is 5.56 Å². The second kappa shape index (κ2) is 11.1. The van der Waals surface area contributed by atoms with Crippen molar-refractivity contribution in [2.45, 2.75) is 122 Å². The standard InChI is InChI=1S/C25H41BF2O2/c1-6-7-8-12-18-22(26-29-23(2,3)24(4,5)30-26)20-25(27,28)19-14-13-17-21-15-10-9-11-16-21/h9-11,15-16,22H,6-8,12-14,17-20H2,1-5H3/t22-/m0/s1. The number of rotatable bonds is 13. The van der Waals surface area contributed by atoms with E-state index in [0.29, 0.717) is 6.42 Å². The molecule has 2 nitrogen and oxygen atoms in total. The Labute approximate surface area is 183 Å². The Morgan fingerprint density at radius 2 is 1.53 bits per heavy atom. The molecule has 0 aromatic heterocycles. The summed E-state index contributed by atoms with van der Waals surface area (Å²) < 4.78 is 42.1. The van der Waals surface area contributed by atoms with Crippen molar-refractivity contribution in [3.8, 4) is 0 Å². The highest BCUT2D eigenvalue weighted by Crippen LogP contribution is 2.45. The number of halogens is 2. The number of hydrogen-bond donors (Lipinski definition) is 0. The van der Waals surface area contributed by atoms with Gasteiger partial charge < -0.3 is 9.31 Å². The van der Waals surface area contributed by atoms with Crippen LogP contribution in [0.25, 0.3) is 0 Å². The molecule has 0 N–H and O–H groups in total. The summed E-state index contributed by atoms with van der Waals surface area (Å²) >= 11 is 0. The van der Waals surface area contributed by atoms with Gasteiger partial charge in [-0.15, -0.1) is 0 Å². The van der Waals surface area contributed by atoms with Gasteiger partial charge in [0.15, 0.2) is 0 Å². The van der Waals surface area contributed by atoms with Crippen LogP contribution in [-0.2, 0) is 15.7 Å². The van der Waals surface area contributed by atoms with Gasteiger partial charge in [0, 0.05) is 12.8 Å². The number of alkyl halides is 2. The Hall–Kier alpha value is -0.935. The lowest BCUT2D eigenvalue weighted by Crippen LogP contribution is -2.41. The third-order valence-electron chi connectivity index (χ3n) is 6.75. The smallest absolute Gasteiger partial charge is 0.403 e. The third-order valence-corrected chi connectivity index (χ3v) is 6.75. The van der Waals surface area contributed by atoms with Crippen molar-refractivity contribution < 1.29 is 18.1 Å². The van der Waals surface area contributed by atoms with Gasteiger partial charge in [-0.05, 0) is 58.3 Å². The van der Waals surface area contributed by atoms with Crippen LogP contribution >= 0.6 is 0 Å². The van der Waals surface area contributed by atoms with Gasteiger partial charge >= 0.3 is 7.12 Å². The van der Waals surface area contributed by atoms with Gasteiger partial charge in [-0.25, -0.2) is 8.78 Å². The molecule has 1 heterocycles. The summed E-state index contributed by atoms with van der Waals surface area (Å²) in [6, 6.07) is 10.1. The lowest BCUT2D eigenvalue weighted by atomic mass is 9.66. The van der Waals surface area contributed by atoms with E-state index < -0.39 is 24.2 Å². The van der Waals surface area contributed by atoms with Gasteiger partial charge in [-0.3, -0.25) is 0 Å². The van der Waals surface area contributed by atoms with E-state index in [1.54, 1.807) is 0 Å². The molecule has 0 amide bonds. The number of unbranched alkanes of at least 4 members (excludes halogenated alkanes) is 4. The predicted molar refractivity (Wildman–Crippen MR) is 122 cm³/mol. The van der Waals surface area contributed by atoms with E-state index >= 15 is 0 Å². The lowest BCUT2D eigenvalue weighted by Gasteiger charge is -2.32. The molecule has 1 aromatic carbocycles. The van der Waals surface area contributed by atoms with Crippen LogP contribution in [0.3, 0.4) is 0 Å². The molecule has 0 bridgehead atoms. The maximum atomic E-state index is 14.9. The minimum Gasteiger partial charge on any atom is -0.403 e. The second-order valence-electron chi connectivity index (χ2n) is 9.99. The van der Waals surface area contributed by atoms with Crippen molar-refractivity contribution in [2.24, 2.45) is 0 Å². The van der Waals surface area contributed by atoms with Gasteiger partial charge in [-0.2, -0.15) is 0 Å². The van der Waals surface area contributed by atoms with Crippen molar-refractivity contribution >= 4 is 7.12 Å². The largest absolute Gasteiger partial charge is 0.461 e. The van der Waals surface area contributed by atoms with Crippen molar-refractivity contribution in [3.63, 3.8) is 0 Å². The minimum absolute atomic E-state index is 0.0647. The molecular weight excluding hydrogens is 381 g/mol. The van der Waals surface area contributed by atoms with Crippen LogP contribution in [0, 0.1) is 0 Å². The lowest BCUT2D eigenvalue weighted by molar-refractivity contribution is -0.0230. The summed E-state index contributed by atoms with van der Waals surface area (Å²) in [4.78, 5) is 0. The first kappa shape index (κ1) is 25.3. The highest BCUT2D eigenvalue weighted by atomic mass is 19.3. The fraction of sp³-hybridized carbons (Fsp3) is 0.760. The Morgan fingerprint density at radius 1 is 0.900 bits per heavy atom. The van der Waals surface area contributed by atoms with E-state index in [-0.39, 0.29) is 18.7 Å². The van der Waals surface area contributed by atoms with Crippen LogP contribution in [0.4, 0.5) is 8.78 Å². The van der Waals surface area contributed by atoms with Crippen molar-refractivity contribution in [1.82, 2.24) is 0 Å². The molecule has 5 heteroatoms. The topological polar surface area (TPSA) is 18.5 Å². The average Bonchev–Trinajstić information content (AvgIpc) is 2.89. The van der Waals surface area contributed by atoms with Gasteiger partial charge in [0.05, 0.1) is 11.2 Å². The maximum absolute atomic E-state index is 14.9. The van der Waals surface area contributed by atoms with Crippen molar-refractivity contribution in [3.05, 3.63) is 35.9 Å². The molecule has 0 unspecified atom stereocenters. The first-order chi connectivity index (χ1) is 14.1. The molecule has 1 fully saturated rings. The van der Waals surface area contributed by atoms with E-state index in [2.05, 4.69) is 19.1 Å². The first-order valence-corrected chi connectivity index (χ1v) is 11.8.